The van der Waals surface area contributed by atoms with Crippen molar-refractivity contribution in [2.75, 3.05) is 0 Å². The van der Waals surface area contributed by atoms with Gasteiger partial charge in [0.2, 0.25) is 0 Å². The summed E-state index contributed by atoms with van der Waals surface area (Å²) < 4.78 is 5.92. The Morgan fingerprint density at radius 1 is 0.424 bits per heavy atom. The highest BCUT2D eigenvalue weighted by molar-refractivity contribution is 9.10. The lowest BCUT2D eigenvalue weighted by Gasteiger charge is -2.12. The van der Waals surface area contributed by atoms with Crippen molar-refractivity contribution < 1.29 is 0 Å². The summed E-state index contributed by atoms with van der Waals surface area (Å²) in [4.78, 5) is 0. The first-order valence-electron chi connectivity index (χ1n) is 11.1. The van der Waals surface area contributed by atoms with Crippen LogP contribution in [0.25, 0.3) is 55.0 Å². The lowest BCUT2D eigenvalue weighted by molar-refractivity contribution is 1.15. The summed E-state index contributed by atoms with van der Waals surface area (Å²) in [6, 6.07) is 41.2. The Bertz CT molecular complexity index is 1810. The third kappa shape index (κ3) is 2.66. The maximum Gasteiger partial charge on any atom is 0.0788 e. The van der Waals surface area contributed by atoms with Gasteiger partial charge in [-0.3, -0.25) is 0 Å². The summed E-state index contributed by atoms with van der Waals surface area (Å²) in [5, 5.41) is 5.03. The van der Waals surface area contributed by atoms with Gasteiger partial charge < -0.3 is 9.13 Å². The number of rotatable bonds is 2. The highest BCUT2D eigenvalue weighted by Crippen LogP contribution is 2.41. The zero-order valence-electron chi connectivity index (χ0n) is 17.7. The quantitative estimate of drug-likeness (QED) is 0.231. The molecule has 0 bridgehead atoms. The van der Waals surface area contributed by atoms with Gasteiger partial charge in [-0.05, 0) is 48.5 Å². The van der Waals surface area contributed by atoms with Crippen LogP contribution in [0.3, 0.4) is 0 Å². The van der Waals surface area contributed by atoms with Crippen LogP contribution >= 0.6 is 15.9 Å². The second-order valence-electron chi connectivity index (χ2n) is 8.38. The van der Waals surface area contributed by atoms with Gasteiger partial charge in [0.05, 0.1) is 22.1 Å². The first-order valence-corrected chi connectivity index (χ1v) is 11.9. The van der Waals surface area contributed by atoms with Crippen molar-refractivity contribution in [1.82, 2.24) is 9.13 Å². The van der Waals surface area contributed by atoms with Crippen LogP contribution in [0.5, 0.6) is 0 Å². The molecule has 33 heavy (non-hydrogen) atoms. The Morgan fingerprint density at radius 2 is 0.939 bits per heavy atom. The average Bonchev–Trinajstić information content (AvgIpc) is 3.38. The van der Waals surface area contributed by atoms with E-state index < -0.39 is 0 Å². The van der Waals surface area contributed by atoms with Gasteiger partial charge in [0.15, 0.2) is 0 Å². The standard InChI is InChI=1S/C30H19BrN2/c31-20-15-18-28-26(19-20)25-17-16-24-23-13-7-8-14-27(23)32(21-9-3-1-4-10-21)29(24)30(25)33(28)22-11-5-2-6-12-22/h1-19H. The second-order valence-corrected chi connectivity index (χ2v) is 9.29. The summed E-state index contributed by atoms with van der Waals surface area (Å²) in [5.41, 5.74) is 7.22. The number of hydrogen-bond donors (Lipinski definition) is 0. The van der Waals surface area contributed by atoms with E-state index in [4.69, 9.17) is 0 Å². The molecule has 7 aromatic rings. The molecule has 0 radical (unpaired) electrons. The number of hydrogen-bond acceptors (Lipinski definition) is 0. The Balaban J connectivity index is 1.80. The third-order valence-electron chi connectivity index (χ3n) is 6.55. The molecular weight excluding hydrogens is 468 g/mol. The van der Waals surface area contributed by atoms with E-state index in [1.807, 2.05) is 0 Å². The smallest absolute Gasteiger partial charge is 0.0788 e. The van der Waals surface area contributed by atoms with Crippen LogP contribution in [0.4, 0.5) is 0 Å². The molecule has 3 heteroatoms. The molecule has 0 fully saturated rings. The van der Waals surface area contributed by atoms with E-state index in [0.717, 1.165) is 10.2 Å². The normalized spacial score (nSPS) is 11.8. The minimum atomic E-state index is 1.09. The monoisotopic (exact) mass is 486 g/mol. The Labute approximate surface area is 199 Å². The van der Waals surface area contributed by atoms with Crippen LogP contribution in [0.1, 0.15) is 0 Å². The highest BCUT2D eigenvalue weighted by atomic mass is 79.9. The van der Waals surface area contributed by atoms with Crippen LogP contribution in [0.2, 0.25) is 0 Å². The molecule has 0 aliphatic heterocycles. The van der Waals surface area contributed by atoms with Gasteiger partial charge in [-0.2, -0.15) is 0 Å². The first-order chi connectivity index (χ1) is 16.3. The number of halogens is 1. The minimum absolute atomic E-state index is 1.09. The largest absolute Gasteiger partial charge is 0.307 e. The van der Waals surface area contributed by atoms with E-state index in [2.05, 4.69) is 140 Å². The molecule has 156 valence electrons. The molecule has 0 atom stereocenters. The SMILES string of the molecule is Brc1ccc2c(c1)c1ccc3c4ccccc4n(-c4ccccc4)c3c1n2-c1ccccc1. The second kappa shape index (κ2) is 7.09. The first kappa shape index (κ1) is 18.7. The Hall–Kier alpha value is -3.82. The van der Waals surface area contributed by atoms with Gasteiger partial charge in [0.25, 0.3) is 0 Å². The summed E-state index contributed by atoms with van der Waals surface area (Å²) >= 11 is 3.70. The molecule has 7 rings (SSSR count). The lowest BCUT2D eigenvalue weighted by Crippen LogP contribution is -1.98. The van der Waals surface area contributed by atoms with Crippen LogP contribution in [-0.2, 0) is 0 Å². The van der Waals surface area contributed by atoms with Gasteiger partial charge in [-0.1, -0.05) is 82.7 Å². The molecule has 0 aliphatic carbocycles. The van der Waals surface area contributed by atoms with Crippen molar-refractivity contribution in [3.63, 3.8) is 0 Å². The molecule has 5 aromatic carbocycles. The summed E-state index contributed by atoms with van der Waals surface area (Å²) in [6.07, 6.45) is 0. The van der Waals surface area contributed by atoms with Crippen LogP contribution < -0.4 is 0 Å². The molecule has 0 unspecified atom stereocenters. The predicted octanol–water partition coefficient (Wildman–Crippen LogP) is 8.64. The van der Waals surface area contributed by atoms with Crippen molar-refractivity contribution in [3.8, 4) is 11.4 Å². The van der Waals surface area contributed by atoms with Crippen molar-refractivity contribution in [3.05, 3.63) is 120 Å². The molecule has 2 heterocycles. The van der Waals surface area contributed by atoms with Crippen LogP contribution in [0, 0.1) is 0 Å². The van der Waals surface area contributed by atoms with Crippen LogP contribution in [0.15, 0.2) is 120 Å². The van der Waals surface area contributed by atoms with Gasteiger partial charge in [-0.15, -0.1) is 0 Å². The predicted molar refractivity (Wildman–Crippen MR) is 143 cm³/mol. The van der Waals surface area contributed by atoms with Gasteiger partial charge in [-0.25, -0.2) is 0 Å². The number of fused-ring (bicyclic) bond motifs is 7. The zero-order valence-corrected chi connectivity index (χ0v) is 19.3. The summed E-state index contributed by atoms with van der Waals surface area (Å²) in [6.45, 7) is 0. The molecule has 0 saturated carbocycles. The topological polar surface area (TPSA) is 9.86 Å². The fourth-order valence-corrected chi connectivity index (χ4v) is 5.57. The van der Waals surface area contributed by atoms with E-state index in [0.29, 0.717) is 0 Å². The van der Waals surface area contributed by atoms with Gasteiger partial charge in [0.1, 0.15) is 0 Å². The highest BCUT2D eigenvalue weighted by Gasteiger charge is 2.20. The van der Waals surface area contributed by atoms with Crippen molar-refractivity contribution in [2.45, 2.75) is 0 Å². The molecule has 0 N–H and O–H groups in total. The molecule has 0 saturated heterocycles. The molecule has 0 amide bonds. The number of para-hydroxylation sites is 3. The summed E-state index contributed by atoms with van der Waals surface area (Å²) in [5.74, 6) is 0. The van der Waals surface area contributed by atoms with Gasteiger partial charge in [0, 0.05) is 37.4 Å². The van der Waals surface area contributed by atoms with E-state index in [-0.39, 0.29) is 0 Å². The van der Waals surface area contributed by atoms with Crippen molar-refractivity contribution in [1.29, 1.82) is 0 Å². The van der Waals surface area contributed by atoms with E-state index in [1.54, 1.807) is 0 Å². The Morgan fingerprint density at radius 3 is 1.58 bits per heavy atom. The molecule has 0 aliphatic rings. The maximum absolute atomic E-state index is 3.70. The third-order valence-corrected chi connectivity index (χ3v) is 7.05. The average molecular weight is 487 g/mol. The summed E-state index contributed by atoms with van der Waals surface area (Å²) in [7, 11) is 0. The lowest BCUT2D eigenvalue weighted by atomic mass is 10.1. The molecular formula is C30H19BrN2. The zero-order chi connectivity index (χ0) is 21.9. The van der Waals surface area contributed by atoms with E-state index >= 15 is 0 Å². The van der Waals surface area contributed by atoms with E-state index in [9.17, 15) is 0 Å². The van der Waals surface area contributed by atoms with Crippen molar-refractivity contribution >= 4 is 59.5 Å². The number of aromatic nitrogens is 2. The van der Waals surface area contributed by atoms with Crippen LogP contribution in [-0.4, -0.2) is 9.13 Å². The minimum Gasteiger partial charge on any atom is -0.307 e. The molecule has 2 aromatic heterocycles. The maximum atomic E-state index is 3.70. The molecule has 0 spiro atoms. The molecule has 2 nitrogen and oxygen atoms in total. The number of benzene rings is 5. The fourth-order valence-electron chi connectivity index (χ4n) is 5.21. The Kier molecular flexibility index (Phi) is 4.02. The van der Waals surface area contributed by atoms with Gasteiger partial charge >= 0.3 is 0 Å². The number of nitrogens with zero attached hydrogens (tertiary/aromatic N) is 2. The van der Waals surface area contributed by atoms with E-state index in [1.165, 1.54) is 49.3 Å². The van der Waals surface area contributed by atoms with Crippen molar-refractivity contribution in [2.24, 2.45) is 0 Å². The fraction of sp³-hybridized carbons (Fsp3) is 0.